The Morgan fingerprint density at radius 3 is 2.56 bits per heavy atom. The van der Waals surface area contributed by atoms with E-state index >= 15 is 4.39 Å². The van der Waals surface area contributed by atoms with Crippen molar-refractivity contribution in [3.8, 4) is 16.9 Å². The Bertz CT molecular complexity index is 1990. The number of carbonyl (C=O) groups is 2. The van der Waals surface area contributed by atoms with Crippen LogP contribution in [0.2, 0.25) is 5.15 Å². The first-order valence-corrected chi connectivity index (χ1v) is 16.1. The maximum Gasteiger partial charge on any atom is 0.270 e. The zero-order valence-corrected chi connectivity index (χ0v) is 27.0. The van der Waals surface area contributed by atoms with Gasteiger partial charge in [0.15, 0.2) is 16.8 Å². The number of benzene rings is 2. The molecule has 1 saturated heterocycles. The van der Waals surface area contributed by atoms with Gasteiger partial charge in [0.25, 0.3) is 5.91 Å². The van der Waals surface area contributed by atoms with E-state index in [0.717, 1.165) is 11.1 Å². The second-order valence-corrected chi connectivity index (χ2v) is 12.1. The van der Waals surface area contributed by atoms with Crippen molar-refractivity contribution in [3.05, 3.63) is 89.2 Å². The summed E-state index contributed by atoms with van der Waals surface area (Å²) in [6, 6.07) is 14.6. The van der Waals surface area contributed by atoms with Gasteiger partial charge in [-0.3, -0.25) is 14.3 Å². The number of piperazine rings is 1. The molecule has 246 valence electrons. The maximum atomic E-state index is 16.6. The molecule has 1 fully saturated rings. The molecule has 0 spiro atoms. The number of nitrogens with one attached hydrogen (secondary N) is 1. The second kappa shape index (κ2) is 13.4. The Labute approximate surface area is 280 Å². The summed E-state index contributed by atoms with van der Waals surface area (Å²) < 4.78 is 23.9. The molecule has 0 radical (unpaired) electrons. The summed E-state index contributed by atoms with van der Waals surface area (Å²) in [5.74, 6) is 0.576. The van der Waals surface area contributed by atoms with Gasteiger partial charge < -0.3 is 24.4 Å². The SMILES string of the molecule is COc1ccccc1-c1cc(C2=CCCN(C(=O)CCn3ccnn3)C2)c(F)c2[nH]c(C(=O)N3CCN(c4ccc(Cl)nn4)CC3)cc12. The minimum atomic E-state index is -0.475. The van der Waals surface area contributed by atoms with Crippen molar-refractivity contribution in [1.29, 1.82) is 0 Å². The Morgan fingerprint density at radius 1 is 0.979 bits per heavy atom. The normalized spacial score (nSPS) is 15.1. The lowest BCUT2D eigenvalue weighted by Crippen LogP contribution is -2.49. The highest BCUT2D eigenvalue weighted by molar-refractivity contribution is 6.29. The standard InChI is InChI=1S/C34H33ClFN9O3/c1-48-28-7-3-2-6-23(28)25-19-24(22-5-4-12-44(21-22)31(46)10-13-45-14-11-37-41-45)32(36)33-26(25)20-27(38-33)34(47)43-17-15-42(16-18-43)30-9-8-29(35)39-40-30/h2-3,5-9,11,14,19-20,38H,4,10,12-13,15-18,21H2,1H3. The number of aromatic amines is 1. The number of nitrogens with zero attached hydrogens (tertiary/aromatic N) is 8. The summed E-state index contributed by atoms with van der Waals surface area (Å²) >= 11 is 5.89. The zero-order chi connectivity index (χ0) is 33.2. The number of hydrogen-bond acceptors (Lipinski definition) is 8. The Balaban J connectivity index is 1.19. The summed E-state index contributed by atoms with van der Waals surface area (Å²) in [6.45, 7) is 3.26. The van der Waals surface area contributed by atoms with Gasteiger partial charge in [0, 0.05) is 68.4 Å². The maximum absolute atomic E-state index is 16.6. The van der Waals surface area contributed by atoms with Crippen LogP contribution >= 0.6 is 11.6 Å². The molecule has 48 heavy (non-hydrogen) atoms. The van der Waals surface area contributed by atoms with E-state index in [0.29, 0.717) is 84.6 Å². The van der Waals surface area contributed by atoms with E-state index in [2.05, 4.69) is 25.5 Å². The summed E-state index contributed by atoms with van der Waals surface area (Å²) in [6.07, 6.45) is 6.12. The van der Waals surface area contributed by atoms with Gasteiger partial charge in [-0.15, -0.1) is 15.3 Å². The van der Waals surface area contributed by atoms with E-state index in [1.165, 1.54) is 0 Å². The number of ether oxygens (including phenoxy) is 1. The van der Waals surface area contributed by atoms with Crippen molar-refractivity contribution in [3.63, 3.8) is 0 Å². The first kappa shape index (κ1) is 31.3. The molecule has 5 aromatic rings. The fraction of sp³-hybridized carbons (Fsp3) is 0.294. The lowest BCUT2D eigenvalue weighted by atomic mass is 9.93. The third kappa shape index (κ3) is 6.20. The van der Waals surface area contributed by atoms with Crippen molar-refractivity contribution >= 4 is 45.7 Å². The predicted octanol–water partition coefficient (Wildman–Crippen LogP) is 4.69. The third-order valence-electron chi connectivity index (χ3n) is 8.87. The minimum Gasteiger partial charge on any atom is -0.496 e. The molecule has 0 saturated carbocycles. The molecular formula is C34H33ClFN9O3. The molecular weight excluding hydrogens is 637 g/mol. The lowest BCUT2D eigenvalue weighted by molar-refractivity contribution is -0.131. The number of amides is 2. The number of rotatable bonds is 8. The third-order valence-corrected chi connectivity index (χ3v) is 9.07. The molecule has 2 aliphatic rings. The van der Waals surface area contributed by atoms with Crippen LogP contribution in [0.15, 0.2) is 67.0 Å². The van der Waals surface area contributed by atoms with Gasteiger partial charge in [-0.25, -0.2) is 4.39 Å². The van der Waals surface area contributed by atoms with Crippen LogP contribution in [-0.4, -0.2) is 98.2 Å². The fourth-order valence-corrected chi connectivity index (χ4v) is 6.46. The van der Waals surface area contributed by atoms with E-state index in [9.17, 15) is 9.59 Å². The van der Waals surface area contributed by atoms with Crippen LogP contribution < -0.4 is 9.64 Å². The van der Waals surface area contributed by atoms with Gasteiger partial charge in [-0.1, -0.05) is 41.1 Å². The van der Waals surface area contributed by atoms with Gasteiger partial charge in [-0.2, -0.15) is 0 Å². The van der Waals surface area contributed by atoms with Crippen molar-refractivity contribution in [2.24, 2.45) is 0 Å². The highest BCUT2D eigenvalue weighted by Gasteiger charge is 2.28. The predicted molar refractivity (Wildman–Crippen MR) is 179 cm³/mol. The van der Waals surface area contributed by atoms with Crippen molar-refractivity contribution in [2.75, 3.05) is 51.3 Å². The Morgan fingerprint density at radius 2 is 1.81 bits per heavy atom. The first-order valence-electron chi connectivity index (χ1n) is 15.7. The van der Waals surface area contributed by atoms with Crippen LogP contribution in [0.25, 0.3) is 27.6 Å². The number of H-pyrrole nitrogens is 1. The number of halogens is 2. The zero-order valence-electron chi connectivity index (χ0n) is 26.3. The molecule has 0 unspecified atom stereocenters. The number of para-hydroxylation sites is 1. The van der Waals surface area contributed by atoms with Crippen LogP contribution in [0.3, 0.4) is 0 Å². The van der Waals surface area contributed by atoms with Crippen LogP contribution in [-0.2, 0) is 11.3 Å². The van der Waals surface area contributed by atoms with E-state index in [4.69, 9.17) is 16.3 Å². The largest absolute Gasteiger partial charge is 0.496 e. The van der Waals surface area contributed by atoms with Crippen LogP contribution in [0.1, 0.15) is 28.9 Å². The van der Waals surface area contributed by atoms with E-state index in [1.54, 1.807) is 58.3 Å². The van der Waals surface area contributed by atoms with Gasteiger partial charge in [0.05, 0.1) is 25.4 Å². The number of methoxy groups -OCH3 is 1. The highest BCUT2D eigenvalue weighted by atomic mass is 35.5. The van der Waals surface area contributed by atoms with Gasteiger partial charge in [0.1, 0.15) is 11.4 Å². The number of aryl methyl sites for hydroxylation is 1. The molecule has 0 atom stereocenters. The Kier molecular flexibility index (Phi) is 8.76. The number of anilines is 1. The Hall–Kier alpha value is -5.30. The molecule has 1 N–H and O–H groups in total. The fourth-order valence-electron chi connectivity index (χ4n) is 6.36. The number of aromatic nitrogens is 6. The quantitative estimate of drug-likeness (QED) is 0.252. The monoisotopic (exact) mass is 669 g/mol. The molecule has 12 nitrogen and oxygen atoms in total. The van der Waals surface area contributed by atoms with Crippen molar-refractivity contribution in [2.45, 2.75) is 19.4 Å². The van der Waals surface area contributed by atoms with Crippen molar-refractivity contribution < 1.29 is 18.7 Å². The number of hydrogen-bond donors (Lipinski definition) is 1. The van der Waals surface area contributed by atoms with Crippen LogP contribution in [0.4, 0.5) is 10.2 Å². The molecule has 2 aromatic carbocycles. The van der Waals surface area contributed by atoms with Crippen LogP contribution in [0, 0.1) is 5.82 Å². The second-order valence-electron chi connectivity index (χ2n) is 11.7. The van der Waals surface area contributed by atoms with Gasteiger partial charge in [0.2, 0.25) is 5.91 Å². The van der Waals surface area contributed by atoms with Gasteiger partial charge >= 0.3 is 0 Å². The first-order chi connectivity index (χ1) is 23.4. The van der Waals surface area contributed by atoms with E-state index in [1.807, 2.05) is 35.2 Å². The minimum absolute atomic E-state index is 0.0431. The van der Waals surface area contributed by atoms with Crippen LogP contribution in [0.5, 0.6) is 5.75 Å². The summed E-state index contributed by atoms with van der Waals surface area (Å²) in [7, 11) is 1.59. The summed E-state index contributed by atoms with van der Waals surface area (Å²) in [4.78, 5) is 35.6. The molecule has 7 rings (SSSR count). The van der Waals surface area contributed by atoms with E-state index in [-0.39, 0.29) is 30.3 Å². The highest BCUT2D eigenvalue weighted by Crippen LogP contribution is 2.40. The number of fused-ring (bicyclic) bond motifs is 1. The summed E-state index contributed by atoms with van der Waals surface area (Å²) in [5.41, 5.74) is 3.07. The topological polar surface area (TPSA) is 125 Å². The average molecular weight is 670 g/mol. The van der Waals surface area contributed by atoms with E-state index < -0.39 is 5.82 Å². The molecule has 5 heterocycles. The van der Waals surface area contributed by atoms with Crippen molar-refractivity contribution in [1.82, 2.24) is 40.0 Å². The molecule has 2 aliphatic heterocycles. The molecule has 3 aromatic heterocycles. The molecule has 0 aliphatic carbocycles. The van der Waals surface area contributed by atoms with Gasteiger partial charge in [-0.05, 0) is 47.9 Å². The molecule has 0 bridgehead atoms. The molecule has 14 heteroatoms. The summed E-state index contributed by atoms with van der Waals surface area (Å²) in [5, 5.41) is 16.7. The number of carbonyl (C=O) groups excluding carboxylic acids is 2. The average Bonchev–Trinajstić information content (AvgIpc) is 3.82. The molecule has 2 amide bonds. The smallest absolute Gasteiger partial charge is 0.270 e. The lowest BCUT2D eigenvalue weighted by Gasteiger charge is -2.34.